The fraction of sp³-hybridized carbons (Fsp3) is 0.148. The van der Waals surface area contributed by atoms with Crippen molar-refractivity contribution in [1.29, 1.82) is 0 Å². The van der Waals surface area contributed by atoms with E-state index in [-0.39, 0.29) is 5.91 Å². The van der Waals surface area contributed by atoms with Crippen molar-refractivity contribution < 1.29 is 18.0 Å². The average Bonchev–Trinajstić information content (AvgIpc) is 2.82. The molecule has 0 aliphatic carbocycles. The van der Waals surface area contributed by atoms with Gasteiger partial charge in [-0.2, -0.15) is 13.2 Å². The maximum atomic E-state index is 13.0. The van der Waals surface area contributed by atoms with Crippen LogP contribution in [0.2, 0.25) is 0 Å². The van der Waals surface area contributed by atoms with Gasteiger partial charge in [-0.15, -0.1) is 0 Å². The second-order valence-corrected chi connectivity index (χ2v) is 7.84. The fourth-order valence-corrected chi connectivity index (χ4v) is 3.84. The first kappa shape index (κ1) is 22.6. The van der Waals surface area contributed by atoms with Gasteiger partial charge in [-0.1, -0.05) is 54.6 Å². The van der Waals surface area contributed by atoms with Crippen LogP contribution >= 0.6 is 0 Å². The van der Waals surface area contributed by atoms with E-state index in [9.17, 15) is 18.0 Å². The van der Waals surface area contributed by atoms with Gasteiger partial charge in [0.2, 0.25) is 0 Å². The van der Waals surface area contributed by atoms with Crippen LogP contribution in [0.25, 0.3) is 21.9 Å². The molecule has 0 aliphatic rings. The number of carbonyl (C=O) groups is 1. The summed E-state index contributed by atoms with van der Waals surface area (Å²) < 4.78 is 38.9. The number of carbonyl (C=O) groups excluding carboxylic acids is 1. The molecule has 33 heavy (non-hydrogen) atoms. The van der Waals surface area contributed by atoms with E-state index in [1.165, 1.54) is 11.6 Å². The zero-order valence-electron chi connectivity index (χ0n) is 18.0. The Morgan fingerprint density at radius 1 is 0.818 bits per heavy atom. The van der Waals surface area contributed by atoms with Crippen molar-refractivity contribution in [3.63, 3.8) is 0 Å². The molecular weight excluding hydrogens is 425 g/mol. The van der Waals surface area contributed by atoms with Gasteiger partial charge in [0.15, 0.2) is 0 Å². The number of hydrogen-bond donors (Lipinski definition) is 2. The van der Waals surface area contributed by atoms with Crippen molar-refractivity contribution in [3.8, 4) is 11.1 Å². The summed E-state index contributed by atoms with van der Waals surface area (Å²) in [7, 11) is 1.91. The van der Waals surface area contributed by atoms with E-state index in [4.69, 9.17) is 0 Å². The van der Waals surface area contributed by atoms with Crippen LogP contribution in [0.5, 0.6) is 0 Å². The van der Waals surface area contributed by atoms with E-state index >= 15 is 0 Å². The lowest BCUT2D eigenvalue weighted by Gasteiger charge is -2.11. The van der Waals surface area contributed by atoms with Crippen LogP contribution in [0.15, 0.2) is 84.9 Å². The molecule has 0 aliphatic heterocycles. The van der Waals surface area contributed by atoms with Gasteiger partial charge in [0.25, 0.3) is 5.91 Å². The van der Waals surface area contributed by atoms with Gasteiger partial charge in [0.05, 0.1) is 5.56 Å². The zero-order chi connectivity index (χ0) is 23.4. The second kappa shape index (κ2) is 9.46. The third-order valence-corrected chi connectivity index (χ3v) is 5.53. The molecule has 6 heteroatoms. The molecule has 4 aromatic rings. The van der Waals surface area contributed by atoms with Crippen LogP contribution in [-0.2, 0) is 19.3 Å². The molecule has 2 N–H and O–H groups in total. The molecule has 0 atom stereocenters. The molecule has 3 nitrogen and oxygen atoms in total. The van der Waals surface area contributed by atoms with Gasteiger partial charge >= 0.3 is 6.18 Å². The third kappa shape index (κ3) is 5.23. The van der Waals surface area contributed by atoms with Crippen LogP contribution in [0.3, 0.4) is 0 Å². The Bertz CT molecular complexity index is 1280. The van der Waals surface area contributed by atoms with E-state index in [1.54, 1.807) is 30.3 Å². The second-order valence-electron chi connectivity index (χ2n) is 7.84. The van der Waals surface area contributed by atoms with Crippen molar-refractivity contribution in [3.05, 3.63) is 107 Å². The Hall–Kier alpha value is -3.64. The van der Waals surface area contributed by atoms with Crippen LogP contribution in [0.1, 0.15) is 27.0 Å². The Morgan fingerprint density at radius 3 is 2.30 bits per heavy atom. The highest BCUT2D eigenvalue weighted by atomic mass is 19.4. The predicted molar refractivity (Wildman–Crippen MR) is 125 cm³/mol. The van der Waals surface area contributed by atoms with Gasteiger partial charge in [-0.25, -0.2) is 0 Å². The Morgan fingerprint density at radius 2 is 1.58 bits per heavy atom. The standard InChI is InChI=1S/C27H23F3N2O/c1-31-16-18-8-13-25-22(14-18)5-2-6-23(25)17-32-26(33)20-11-9-19(10-12-20)21-4-3-7-24(15-21)27(28,29)30/h2-15,31H,16-17H2,1H3,(H,32,33). The number of amides is 1. The average molecular weight is 448 g/mol. The molecule has 0 aromatic heterocycles. The number of hydrogen-bond acceptors (Lipinski definition) is 2. The normalized spacial score (nSPS) is 11.5. The minimum atomic E-state index is -4.40. The van der Waals surface area contributed by atoms with Gasteiger partial charge in [-0.3, -0.25) is 4.79 Å². The Kier molecular flexibility index (Phi) is 6.47. The molecule has 0 heterocycles. The molecular formula is C27H23F3N2O. The van der Waals surface area contributed by atoms with E-state index in [0.717, 1.165) is 35.0 Å². The number of alkyl halides is 3. The number of halogens is 3. The van der Waals surface area contributed by atoms with Crippen molar-refractivity contribution in [1.82, 2.24) is 10.6 Å². The molecule has 0 saturated heterocycles. The Balaban J connectivity index is 1.47. The highest BCUT2D eigenvalue weighted by Crippen LogP contribution is 2.32. The zero-order valence-corrected chi connectivity index (χ0v) is 18.0. The minimum absolute atomic E-state index is 0.241. The van der Waals surface area contributed by atoms with Crippen LogP contribution in [0, 0.1) is 0 Å². The van der Waals surface area contributed by atoms with E-state index in [0.29, 0.717) is 23.2 Å². The number of rotatable bonds is 6. The molecule has 0 unspecified atom stereocenters. The number of benzene rings is 4. The summed E-state index contributed by atoms with van der Waals surface area (Å²) in [6.07, 6.45) is -4.40. The predicted octanol–water partition coefficient (Wildman–Crippen LogP) is 6.18. The Labute approximate surface area is 190 Å². The number of nitrogens with one attached hydrogen (secondary N) is 2. The fourth-order valence-electron chi connectivity index (χ4n) is 3.84. The van der Waals surface area contributed by atoms with Crippen molar-refractivity contribution in [2.45, 2.75) is 19.3 Å². The van der Waals surface area contributed by atoms with E-state index < -0.39 is 11.7 Å². The molecule has 0 fully saturated rings. The van der Waals surface area contributed by atoms with Crippen molar-refractivity contribution in [2.24, 2.45) is 0 Å². The summed E-state index contributed by atoms with van der Waals surface area (Å²) in [5.74, 6) is -0.241. The largest absolute Gasteiger partial charge is 0.416 e. The smallest absolute Gasteiger partial charge is 0.348 e. The lowest BCUT2D eigenvalue weighted by molar-refractivity contribution is -0.137. The van der Waals surface area contributed by atoms with Gasteiger partial charge in [0, 0.05) is 18.7 Å². The molecule has 4 rings (SSSR count). The first-order valence-electron chi connectivity index (χ1n) is 10.6. The number of fused-ring (bicyclic) bond motifs is 1. The van der Waals surface area contributed by atoms with Crippen molar-refractivity contribution in [2.75, 3.05) is 7.05 Å². The lowest BCUT2D eigenvalue weighted by Crippen LogP contribution is -2.22. The van der Waals surface area contributed by atoms with Gasteiger partial charge < -0.3 is 10.6 Å². The first-order chi connectivity index (χ1) is 15.8. The van der Waals surface area contributed by atoms with Crippen LogP contribution in [0.4, 0.5) is 13.2 Å². The van der Waals surface area contributed by atoms with Gasteiger partial charge in [0.1, 0.15) is 0 Å². The van der Waals surface area contributed by atoms with Crippen molar-refractivity contribution >= 4 is 16.7 Å². The summed E-state index contributed by atoms with van der Waals surface area (Å²) in [4.78, 5) is 12.7. The highest BCUT2D eigenvalue weighted by molar-refractivity contribution is 5.95. The minimum Gasteiger partial charge on any atom is -0.348 e. The summed E-state index contributed by atoms with van der Waals surface area (Å²) >= 11 is 0. The monoisotopic (exact) mass is 448 g/mol. The highest BCUT2D eigenvalue weighted by Gasteiger charge is 2.30. The SMILES string of the molecule is CNCc1ccc2c(CNC(=O)c3ccc(-c4cccc(C(F)(F)F)c4)cc3)cccc2c1. The molecule has 0 radical (unpaired) electrons. The first-order valence-corrected chi connectivity index (χ1v) is 10.6. The molecule has 4 aromatic carbocycles. The molecule has 168 valence electrons. The summed E-state index contributed by atoms with van der Waals surface area (Å²) in [6.45, 7) is 1.16. The van der Waals surface area contributed by atoms with Crippen LogP contribution < -0.4 is 10.6 Å². The maximum Gasteiger partial charge on any atom is 0.416 e. The lowest BCUT2D eigenvalue weighted by atomic mass is 10.0. The quantitative estimate of drug-likeness (QED) is 0.370. The molecule has 0 saturated carbocycles. The van der Waals surface area contributed by atoms with E-state index in [1.807, 2.05) is 25.2 Å². The molecule has 1 amide bonds. The molecule has 0 bridgehead atoms. The molecule has 0 spiro atoms. The summed E-state index contributed by atoms with van der Waals surface area (Å²) in [6, 6.07) is 24.0. The van der Waals surface area contributed by atoms with Gasteiger partial charge in [-0.05, 0) is 70.4 Å². The summed E-state index contributed by atoms with van der Waals surface area (Å²) in [5.41, 5.74) is 3.01. The van der Waals surface area contributed by atoms with Crippen LogP contribution in [-0.4, -0.2) is 13.0 Å². The van der Waals surface area contributed by atoms with E-state index in [2.05, 4.69) is 28.8 Å². The maximum absolute atomic E-state index is 13.0. The topological polar surface area (TPSA) is 41.1 Å². The summed E-state index contributed by atoms with van der Waals surface area (Å²) in [5, 5.41) is 8.27. The third-order valence-electron chi connectivity index (χ3n) is 5.53.